The number of aromatic carboxylic acids is 1. The Kier molecular flexibility index (Phi) is 3.60. The largest absolute Gasteiger partial charge is 0.476 e. The summed E-state index contributed by atoms with van der Waals surface area (Å²) in [4.78, 5) is 30.0. The van der Waals surface area contributed by atoms with Crippen molar-refractivity contribution in [1.29, 1.82) is 0 Å². The van der Waals surface area contributed by atoms with Crippen molar-refractivity contribution in [2.24, 2.45) is 7.05 Å². The lowest BCUT2D eigenvalue weighted by Crippen LogP contribution is -2.23. The summed E-state index contributed by atoms with van der Waals surface area (Å²) in [7, 11) is 1.64. The van der Waals surface area contributed by atoms with E-state index < -0.39 is 5.97 Å². The zero-order valence-corrected chi connectivity index (χ0v) is 10.3. The van der Waals surface area contributed by atoms with Crippen LogP contribution in [0.15, 0.2) is 29.7 Å². The van der Waals surface area contributed by atoms with Crippen LogP contribution in [0, 0.1) is 0 Å². The van der Waals surface area contributed by atoms with Gasteiger partial charge in [0.2, 0.25) is 0 Å². The van der Waals surface area contributed by atoms with E-state index in [0.717, 1.165) is 0 Å². The number of carboxylic acids is 1. The highest BCUT2D eigenvalue weighted by molar-refractivity contribution is 5.84. The number of carboxylic acid groups (broad SMARTS) is 1. The summed E-state index contributed by atoms with van der Waals surface area (Å²) < 4.78 is 3.05. The van der Waals surface area contributed by atoms with Crippen LogP contribution in [0.1, 0.15) is 10.5 Å². The summed E-state index contributed by atoms with van der Waals surface area (Å²) >= 11 is 0. The molecule has 0 saturated heterocycles. The van der Waals surface area contributed by atoms with Crippen molar-refractivity contribution in [3.63, 3.8) is 0 Å². The number of nitrogens with zero attached hydrogens (tertiary/aromatic N) is 4. The summed E-state index contributed by atoms with van der Waals surface area (Å²) in [5.41, 5.74) is -0.215. The molecule has 0 fully saturated rings. The van der Waals surface area contributed by atoms with Crippen molar-refractivity contribution >= 4 is 11.8 Å². The van der Waals surface area contributed by atoms with Crippen molar-refractivity contribution in [2.75, 3.05) is 11.9 Å². The van der Waals surface area contributed by atoms with Gasteiger partial charge in [0.1, 0.15) is 0 Å². The molecular weight excluding hydrogens is 250 g/mol. The first kappa shape index (κ1) is 12.8. The highest BCUT2D eigenvalue weighted by atomic mass is 16.4. The predicted molar refractivity (Wildman–Crippen MR) is 67.2 cm³/mol. The van der Waals surface area contributed by atoms with Gasteiger partial charge in [0.05, 0.1) is 6.33 Å². The quantitative estimate of drug-likeness (QED) is 0.773. The van der Waals surface area contributed by atoms with Gasteiger partial charge in [-0.15, -0.1) is 0 Å². The van der Waals surface area contributed by atoms with Crippen LogP contribution in [0.5, 0.6) is 0 Å². The lowest BCUT2D eigenvalue weighted by molar-refractivity contribution is 0.0691. The molecular formula is C11H13N5O3. The maximum atomic E-state index is 11.6. The fraction of sp³-hybridized carbons (Fsp3) is 0.273. The second-order valence-electron chi connectivity index (χ2n) is 3.92. The van der Waals surface area contributed by atoms with Crippen molar-refractivity contribution < 1.29 is 9.90 Å². The van der Waals surface area contributed by atoms with Gasteiger partial charge in [0, 0.05) is 38.7 Å². The van der Waals surface area contributed by atoms with Crippen LogP contribution in [0.3, 0.4) is 0 Å². The predicted octanol–water partition coefficient (Wildman–Crippen LogP) is -0.213. The first-order valence-electron chi connectivity index (χ1n) is 5.58. The van der Waals surface area contributed by atoms with Crippen molar-refractivity contribution in [2.45, 2.75) is 6.54 Å². The maximum Gasteiger partial charge on any atom is 0.356 e. The second kappa shape index (κ2) is 5.34. The molecule has 2 aromatic rings. The van der Waals surface area contributed by atoms with E-state index in [1.807, 2.05) is 0 Å². The number of hydrogen-bond donors (Lipinski definition) is 2. The molecule has 2 rings (SSSR count). The number of nitrogens with one attached hydrogen (secondary N) is 1. The molecule has 100 valence electrons. The standard InChI is InChI=1S/C11H13N5O3/c1-15-4-2-12-9(10(15)17)13-3-5-16-6-8(11(18)19)14-7-16/h2,4,6-7H,3,5H2,1H3,(H,12,13)(H,18,19). The van der Waals surface area contributed by atoms with E-state index in [9.17, 15) is 9.59 Å². The van der Waals surface area contributed by atoms with Gasteiger partial charge in [-0.2, -0.15) is 0 Å². The number of hydrogen-bond acceptors (Lipinski definition) is 5. The van der Waals surface area contributed by atoms with E-state index in [2.05, 4.69) is 15.3 Å². The van der Waals surface area contributed by atoms with Gasteiger partial charge in [0.25, 0.3) is 5.56 Å². The third-order valence-corrected chi connectivity index (χ3v) is 2.53. The van der Waals surface area contributed by atoms with Crippen LogP contribution in [-0.4, -0.2) is 36.7 Å². The maximum absolute atomic E-state index is 11.6. The molecule has 8 heteroatoms. The SMILES string of the molecule is Cn1ccnc(NCCn2cnc(C(=O)O)c2)c1=O. The van der Waals surface area contributed by atoms with Gasteiger partial charge < -0.3 is 19.6 Å². The van der Waals surface area contributed by atoms with Gasteiger partial charge in [-0.05, 0) is 0 Å². The van der Waals surface area contributed by atoms with Crippen molar-refractivity contribution in [3.8, 4) is 0 Å². The van der Waals surface area contributed by atoms with Gasteiger partial charge in [-0.1, -0.05) is 0 Å². The summed E-state index contributed by atoms with van der Waals surface area (Å²) in [5, 5.41) is 11.6. The number of aromatic nitrogens is 4. The summed E-state index contributed by atoms with van der Waals surface area (Å²) in [6.07, 6.45) is 5.97. The smallest absolute Gasteiger partial charge is 0.356 e. The molecule has 0 aliphatic carbocycles. The summed E-state index contributed by atoms with van der Waals surface area (Å²) in [6.45, 7) is 0.932. The average Bonchev–Trinajstić information content (AvgIpc) is 2.83. The number of aryl methyl sites for hydroxylation is 1. The number of rotatable bonds is 5. The molecule has 0 aromatic carbocycles. The van der Waals surface area contributed by atoms with Crippen LogP contribution in [-0.2, 0) is 13.6 Å². The molecule has 2 heterocycles. The Hall–Kier alpha value is -2.64. The van der Waals surface area contributed by atoms with Gasteiger partial charge in [0.15, 0.2) is 11.5 Å². The Morgan fingerprint density at radius 2 is 2.26 bits per heavy atom. The van der Waals surface area contributed by atoms with E-state index in [-0.39, 0.29) is 17.1 Å². The van der Waals surface area contributed by atoms with E-state index in [1.165, 1.54) is 23.3 Å². The zero-order chi connectivity index (χ0) is 13.8. The minimum Gasteiger partial charge on any atom is -0.476 e. The average molecular weight is 263 g/mol. The van der Waals surface area contributed by atoms with Gasteiger partial charge >= 0.3 is 5.97 Å². The molecule has 0 amide bonds. The highest BCUT2D eigenvalue weighted by Gasteiger charge is 2.06. The molecule has 0 aliphatic rings. The molecule has 19 heavy (non-hydrogen) atoms. The third kappa shape index (κ3) is 2.97. The van der Waals surface area contributed by atoms with E-state index in [1.54, 1.807) is 17.8 Å². The number of anilines is 1. The Morgan fingerprint density at radius 3 is 2.95 bits per heavy atom. The topological polar surface area (TPSA) is 102 Å². The van der Waals surface area contributed by atoms with Gasteiger partial charge in [-0.3, -0.25) is 4.79 Å². The molecule has 8 nitrogen and oxygen atoms in total. The number of carbonyl (C=O) groups is 1. The molecule has 2 N–H and O–H groups in total. The van der Waals surface area contributed by atoms with Crippen molar-refractivity contribution in [1.82, 2.24) is 19.1 Å². The minimum atomic E-state index is -1.06. The van der Waals surface area contributed by atoms with Crippen LogP contribution >= 0.6 is 0 Å². The highest BCUT2D eigenvalue weighted by Crippen LogP contribution is 1.97. The Bertz CT molecular complexity index is 646. The third-order valence-electron chi connectivity index (χ3n) is 2.53. The minimum absolute atomic E-state index is 0.00579. The Labute approximate surface area is 108 Å². The molecule has 0 aliphatic heterocycles. The van der Waals surface area contributed by atoms with Crippen LogP contribution < -0.4 is 10.9 Å². The lowest BCUT2D eigenvalue weighted by atomic mass is 10.5. The second-order valence-corrected chi connectivity index (χ2v) is 3.92. The van der Waals surface area contributed by atoms with E-state index in [4.69, 9.17) is 5.11 Å². The zero-order valence-electron chi connectivity index (χ0n) is 10.3. The van der Waals surface area contributed by atoms with E-state index >= 15 is 0 Å². The first-order chi connectivity index (χ1) is 9.08. The Balaban J connectivity index is 1.94. The Morgan fingerprint density at radius 1 is 1.47 bits per heavy atom. The molecule has 0 unspecified atom stereocenters. The van der Waals surface area contributed by atoms with Crippen LogP contribution in [0.25, 0.3) is 0 Å². The van der Waals surface area contributed by atoms with Crippen LogP contribution in [0.4, 0.5) is 5.82 Å². The molecule has 0 bridgehead atoms. The summed E-state index contributed by atoms with van der Waals surface area (Å²) in [5.74, 6) is -0.797. The van der Waals surface area contributed by atoms with E-state index in [0.29, 0.717) is 13.1 Å². The molecule has 0 saturated carbocycles. The van der Waals surface area contributed by atoms with Crippen LogP contribution in [0.2, 0.25) is 0 Å². The number of imidazole rings is 1. The monoisotopic (exact) mass is 263 g/mol. The lowest BCUT2D eigenvalue weighted by Gasteiger charge is -2.06. The molecule has 2 aromatic heterocycles. The molecule has 0 atom stereocenters. The fourth-order valence-corrected chi connectivity index (χ4v) is 1.52. The van der Waals surface area contributed by atoms with Crippen molar-refractivity contribution in [3.05, 3.63) is 41.0 Å². The molecule has 0 radical (unpaired) electrons. The fourth-order valence-electron chi connectivity index (χ4n) is 1.52. The summed E-state index contributed by atoms with van der Waals surface area (Å²) in [6, 6.07) is 0. The normalized spacial score (nSPS) is 10.4. The van der Waals surface area contributed by atoms with Gasteiger partial charge in [-0.25, -0.2) is 14.8 Å². The molecule has 0 spiro atoms. The first-order valence-corrected chi connectivity index (χ1v) is 5.58.